The molecule has 0 saturated carbocycles. The second-order valence-corrected chi connectivity index (χ2v) is 3.87. The van der Waals surface area contributed by atoms with E-state index in [1.54, 1.807) is 4.90 Å². The third-order valence-electron chi connectivity index (χ3n) is 2.19. The van der Waals surface area contributed by atoms with Gasteiger partial charge in [-0.25, -0.2) is 4.79 Å². The summed E-state index contributed by atoms with van der Waals surface area (Å²) in [5.41, 5.74) is 5.41. The van der Waals surface area contributed by atoms with Gasteiger partial charge < -0.3 is 15.4 Å². The van der Waals surface area contributed by atoms with E-state index in [4.69, 9.17) is 10.5 Å². The molecular formula is C9H18N2O2. The van der Waals surface area contributed by atoms with Gasteiger partial charge in [0.25, 0.3) is 0 Å². The van der Waals surface area contributed by atoms with E-state index in [1.807, 2.05) is 0 Å². The lowest BCUT2D eigenvalue weighted by Gasteiger charge is -2.13. The number of ether oxygens (including phenoxy) is 1. The standard InChI is InChI=1S/C9H18N2O2/c1-7(2)3-4-11-6-8(5-10)13-9(11)12/h7-8H,3-6,10H2,1-2H3/t8-/m1/s1. The van der Waals surface area contributed by atoms with E-state index in [-0.39, 0.29) is 12.2 Å². The normalized spacial score (nSPS) is 22.6. The van der Waals surface area contributed by atoms with Gasteiger partial charge in [0.15, 0.2) is 0 Å². The van der Waals surface area contributed by atoms with E-state index in [9.17, 15) is 4.79 Å². The molecule has 0 aliphatic carbocycles. The Hall–Kier alpha value is -0.770. The molecule has 0 aromatic rings. The fourth-order valence-corrected chi connectivity index (χ4v) is 1.29. The molecule has 0 aromatic carbocycles. The molecule has 0 bridgehead atoms. The van der Waals surface area contributed by atoms with Crippen LogP contribution in [0.15, 0.2) is 0 Å². The van der Waals surface area contributed by atoms with Crippen molar-refractivity contribution in [3.05, 3.63) is 0 Å². The molecule has 1 aliphatic heterocycles. The summed E-state index contributed by atoms with van der Waals surface area (Å²) >= 11 is 0. The summed E-state index contributed by atoms with van der Waals surface area (Å²) in [5, 5.41) is 0. The van der Waals surface area contributed by atoms with Crippen molar-refractivity contribution in [3.8, 4) is 0 Å². The number of cyclic esters (lactones) is 1. The number of amides is 1. The minimum atomic E-state index is -0.212. The topological polar surface area (TPSA) is 55.6 Å². The van der Waals surface area contributed by atoms with E-state index < -0.39 is 0 Å². The monoisotopic (exact) mass is 186 g/mol. The highest BCUT2D eigenvalue weighted by molar-refractivity contribution is 5.69. The second-order valence-electron chi connectivity index (χ2n) is 3.87. The number of nitrogens with zero attached hydrogens (tertiary/aromatic N) is 1. The van der Waals surface area contributed by atoms with Crippen LogP contribution in [-0.4, -0.2) is 36.7 Å². The first-order valence-corrected chi connectivity index (χ1v) is 4.79. The van der Waals surface area contributed by atoms with E-state index in [0.717, 1.165) is 13.0 Å². The van der Waals surface area contributed by atoms with Gasteiger partial charge >= 0.3 is 6.09 Å². The van der Waals surface area contributed by atoms with Crippen LogP contribution in [0.4, 0.5) is 4.79 Å². The zero-order valence-corrected chi connectivity index (χ0v) is 8.32. The molecule has 1 aliphatic rings. The summed E-state index contributed by atoms with van der Waals surface area (Å²) in [5.74, 6) is 0.615. The molecule has 4 heteroatoms. The molecule has 76 valence electrons. The minimum Gasteiger partial charge on any atom is -0.443 e. The highest BCUT2D eigenvalue weighted by Gasteiger charge is 2.29. The maximum absolute atomic E-state index is 11.2. The Balaban J connectivity index is 2.31. The van der Waals surface area contributed by atoms with Crippen LogP contribution in [0, 0.1) is 5.92 Å². The Kier molecular flexibility index (Phi) is 3.54. The van der Waals surface area contributed by atoms with E-state index >= 15 is 0 Å². The predicted octanol–water partition coefficient (Wildman–Crippen LogP) is 0.812. The third-order valence-corrected chi connectivity index (χ3v) is 2.19. The summed E-state index contributed by atoms with van der Waals surface area (Å²) in [6, 6.07) is 0. The molecule has 1 amide bonds. The summed E-state index contributed by atoms with van der Waals surface area (Å²) in [6.07, 6.45) is 0.711. The Morgan fingerprint density at radius 2 is 2.38 bits per heavy atom. The molecule has 0 unspecified atom stereocenters. The third kappa shape index (κ3) is 2.88. The molecule has 0 spiro atoms. The van der Waals surface area contributed by atoms with E-state index in [2.05, 4.69) is 13.8 Å². The average Bonchev–Trinajstić information content (AvgIpc) is 2.43. The molecule has 2 N–H and O–H groups in total. The number of nitrogens with two attached hydrogens (primary N) is 1. The van der Waals surface area contributed by atoms with Gasteiger partial charge in [-0.3, -0.25) is 0 Å². The Bertz CT molecular complexity index is 182. The first-order valence-electron chi connectivity index (χ1n) is 4.79. The molecule has 1 heterocycles. The van der Waals surface area contributed by atoms with Crippen molar-refractivity contribution in [3.63, 3.8) is 0 Å². The molecular weight excluding hydrogens is 168 g/mol. The van der Waals surface area contributed by atoms with Crippen LogP contribution in [0.1, 0.15) is 20.3 Å². The second kappa shape index (κ2) is 4.46. The van der Waals surface area contributed by atoms with Crippen molar-refractivity contribution in [1.82, 2.24) is 4.90 Å². The van der Waals surface area contributed by atoms with Crippen LogP contribution >= 0.6 is 0 Å². The maximum Gasteiger partial charge on any atom is 0.410 e. The van der Waals surface area contributed by atoms with Gasteiger partial charge in [0.2, 0.25) is 0 Å². The lowest BCUT2D eigenvalue weighted by Crippen LogP contribution is -2.29. The number of rotatable bonds is 4. The van der Waals surface area contributed by atoms with Gasteiger partial charge in [0.1, 0.15) is 6.10 Å². The fraction of sp³-hybridized carbons (Fsp3) is 0.889. The van der Waals surface area contributed by atoms with Crippen LogP contribution in [0.25, 0.3) is 0 Å². The number of hydrogen-bond acceptors (Lipinski definition) is 3. The van der Waals surface area contributed by atoms with Crippen molar-refractivity contribution < 1.29 is 9.53 Å². The molecule has 4 nitrogen and oxygen atoms in total. The van der Waals surface area contributed by atoms with Gasteiger partial charge in [-0.15, -0.1) is 0 Å². The smallest absolute Gasteiger partial charge is 0.410 e. The quantitative estimate of drug-likeness (QED) is 0.707. The molecule has 1 fully saturated rings. The van der Waals surface area contributed by atoms with Crippen LogP contribution in [0.2, 0.25) is 0 Å². The number of hydrogen-bond donors (Lipinski definition) is 1. The zero-order valence-electron chi connectivity index (χ0n) is 8.32. The number of carbonyl (C=O) groups is 1. The van der Waals surface area contributed by atoms with Crippen LogP contribution in [0.3, 0.4) is 0 Å². The molecule has 1 rings (SSSR count). The maximum atomic E-state index is 11.2. The molecule has 1 atom stereocenters. The SMILES string of the molecule is CC(C)CCN1C[C@@H](CN)OC1=O. The first kappa shape index (κ1) is 10.3. The van der Waals surface area contributed by atoms with Gasteiger partial charge in [-0.2, -0.15) is 0 Å². The molecule has 0 radical (unpaired) electrons. The van der Waals surface area contributed by atoms with E-state index in [1.165, 1.54) is 0 Å². The largest absolute Gasteiger partial charge is 0.443 e. The number of carbonyl (C=O) groups excluding carboxylic acids is 1. The molecule has 0 aromatic heterocycles. The van der Waals surface area contributed by atoms with Crippen LogP contribution < -0.4 is 5.73 Å². The van der Waals surface area contributed by atoms with Crippen molar-refractivity contribution in [2.75, 3.05) is 19.6 Å². The average molecular weight is 186 g/mol. The van der Waals surface area contributed by atoms with Crippen molar-refractivity contribution in [1.29, 1.82) is 0 Å². The van der Waals surface area contributed by atoms with Crippen LogP contribution in [-0.2, 0) is 4.74 Å². The van der Waals surface area contributed by atoms with E-state index in [0.29, 0.717) is 19.0 Å². The summed E-state index contributed by atoms with van der Waals surface area (Å²) < 4.78 is 5.02. The van der Waals surface area contributed by atoms with Crippen molar-refractivity contribution >= 4 is 6.09 Å². The highest BCUT2D eigenvalue weighted by Crippen LogP contribution is 2.12. The van der Waals surface area contributed by atoms with Gasteiger partial charge in [-0.1, -0.05) is 13.8 Å². The molecule has 1 saturated heterocycles. The minimum absolute atomic E-state index is 0.0975. The summed E-state index contributed by atoms with van der Waals surface area (Å²) in [4.78, 5) is 12.9. The summed E-state index contributed by atoms with van der Waals surface area (Å²) in [6.45, 7) is 6.14. The first-order chi connectivity index (χ1) is 6.13. The Morgan fingerprint density at radius 3 is 2.85 bits per heavy atom. The lowest BCUT2D eigenvalue weighted by molar-refractivity contribution is 0.134. The van der Waals surface area contributed by atoms with Gasteiger partial charge in [-0.05, 0) is 12.3 Å². The predicted molar refractivity (Wildman–Crippen MR) is 50.4 cm³/mol. The summed E-state index contributed by atoms with van der Waals surface area (Å²) in [7, 11) is 0. The molecule has 13 heavy (non-hydrogen) atoms. The van der Waals surface area contributed by atoms with Crippen LogP contribution in [0.5, 0.6) is 0 Å². The van der Waals surface area contributed by atoms with Crippen molar-refractivity contribution in [2.45, 2.75) is 26.4 Å². The fourth-order valence-electron chi connectivity index (χ4n) is 1.29. The van der Waals surface area contributed by atoms with Gasteiger partial charge in [0.05, 0.1) is 6.54 Å². The van der Waals surface area contributed by atoms with Crippen molar-refractivity contribution in [2.24, 2.45) is 11.7 Å². The highest BCUT2D eigenvalue weighted by atomic mass is 16.6. The lowest BCUT2D eigenvalue weighted by atomic mass is 10.1. The zero-order chi connectivity index (χ0) is 9.84. The van der Waals surface area contributed by atoms with Gasteiger partial charge in [0, 0.05) is 13.1 Å². The Labute approximate surface area is 79.0 Å². The Morgan fingerprint density at radius 1 is 1.69 bits per heavy atom.